The van der Waals surface area contributed by atoms with Gasteiger partial charge in [0.25, 0.3) is 0 Å². The zero-order chi connectivity index (χ0) is 14.5. The summed E-state index contributed by atoms with van der Waals surface area (Å²) in [6, 6.07) is 7.19. The van der Waals surface area contributed by atoms with Crippen molar-refractivity contribution in [3.05, 3.63) is 40.8 Å². The van der Waals surface area contributed by atoms with Gasteiger partial charge >= 0.3 is 0 Å². The molecule has 0 bridgehead atoms. The third-order valence-electron chi connectivity index (χ3n) is 2.93. The van der Waals surface area contributed by atoms with E-state index in [1.54, 1.807) is 18.2 Å². The van der Waals surface area contributed by atoms with Gasteiger partial charge in [-0.1, -0.05) is 5.16 Å². The average molecular weight is 272 g/mol. The molecule has 0 aliphatic rings. The van der Waals surface area contributed by atoms with Crippen LogP contribution in [0, 0.1) is 25.2 Å². The molecule has 5 heteroatoms. The zero-order valence-corrected chi connectivity index (χ0v) is 11.8. The smallest absolute Gasteiger partial charge is 0.162 e. The van der Waals surface area contributed by atoms with Crippen LogP contribution in [-0.4, -0.2) is 11.8 Å². The summed E-state index contributed by atoms with van der Waals surface area (Å²) in [7, 11) is 0. The highest BCUT2D eigenvalue weighted by Gasteiger charge is 2.12. The lowest BCUT2D eigenvalue weighted by Crippen LogP contribution is -2.01. The highest BCUT2D eigenvalue weighted by Crippen LogP contribution is 2.29. The third kappa shape index (κ3) is 2.91. The Morgan fingerprint density at radius 3 is 2.65 bits per heavy atom. The molecule has 0 aliphatic carbocycles. The van der Waals surface area contributed by atoms with Crippen LogP contribution < -0.4 is 9.47 Å². The fraction of sp³-hybridized carbons (Fsp3) is 0.333. The standard InChI is InChI=1S/C15H16N2O3/c1-4-18-15-7-12(8-16)5-6-14(15)19-9-13-10(2)17-20-11(13)3/h5-7H,4,9H2,1-3H3. The van der Waals surface area contributed by atoms with Gasteiger partial charge in [0.15, 0.2) is 11.5 Å². The first kappa shape index (κ1) is 13.9. The molecule has 0 spiro atoms. The molecule has 0 saturated heterocycles. The average Bonchev–Trinajstić information content (AvgIpc) is 2.77. The van der Waals surface area contributed by atoms with Crippen molar-refractivity contribution in [3.8, 4) is 17.6 Å². The largest absolute Gasteiger partial charge is 0.490 e. The van der Waals surface area contributed by atoms with E-state index in [4.69, 9.17) is 19.3 Å². The Balaban J connectivity index is 2.19. The normalized spacial score (nSPS) is 10.1. The summed E-state index contributed by atoms with van der Waals surface area (Å²) in [6.07, 6.45) is 0. The maximum atomic E-state index is 8.91. The number of benzene rings is 1. The van der Waals surface area contributed by atoms with Gasteiger partial charge in [-0.2, -0.15) is 5.26 Å². The first-order valence-corrected chi connectivity index (χ1v) is 6.37. The number of rotatable bonds is 5. The number of nitriles is 1. The number of ether oxygens (including phenoxy) is 2. The van der Waals surface area contributed by atoms with Gasteiger partial charge in [-0.05, 0) is 32.9 Å². The van der Waals surface area contributed by atoms with Crippen molar-refractivity contribution in [1.29, 1.82) is 5.26 Å². The lowest BCUT2D eigenvalue weighted by Gasteiger charge is -2.11. The number of aromatic nitrogens is 1. The van der Waals surface area contributed by atoms with Gasteiger partial charge in [0.05, 0.1) is 29.5 Å². The Kier molecular flexibility index (Phi) is 4.26. The Morgan fingerprint density at radius 2 is 2.05 bits per heavy atom. The topological polar surface area (TPSA) is 68.3 Å². The van der Waals surface area contributed by atoms with E-state index in [0.717, 1.165) is 17.0 Å². The van der Waals surface area contributed by atoms with Gasteiger partial charge in [-0.3, -0.25) is 0 Å². The molecule has 0 N–H and O–H groups in total. The molecule has 0 saturated carbocycles. The fourth-order valence-electron chi connectivity index (χ4n) is 1.82. The summed E-state index contributed by atoms with van der Waals surface area (Å²) in [5, 5.41) is 12.8. The van der Waals surface area contributed by atoms with E-state index in [9.17, 15) is 0 Å². The van der Waals surface area contributed by atoms with Crippen LogP contribution in [0.3, 0.4) is 0 Å². The van der Waals surface area contributed by atoms with Crippen molar-refractivity contribution in [3.63, 3.8) is 0 Å². The summed E-state index contributed by atoms with van der Waals surface area (Å²) in [5.41, 5.74) is 2.28. The van der Waals surface area contributed by atoms with E-state index in [-0.39, 0.29) is 0 Å². The van der Waals surface area contributed by atoms with Crippen molar-refractivity contribution in [2.24, 2.45) is 0 Å². The first-order chi connectivity index (χ1) is 9.65. The Bertz CT molecular complexity index is 622. The molecule has 0 aliphatic heterocycles. The minimum Gasteiger partial charge on any atom is -0.490 e. The summed E-state index contributed by atoms with van der Waals surface area (Å²) >= 11 is 0. The van der Waals surface area contributed by atoms with Crippen molar-refractivity contribution in [2.75, 3.05) is 6.61 Å². The van der Waals surface area contributed by atoms with Crippen LogP contribution in [0.4, 0.5) is 0 Å². The molecule has 2 aromatic rings. The summed E-state index contributed by atoms with van der Waals surface area (Å²) in [5.74, 6) is 1.92. The van der Waals surface area contributed by atoms with E-state index in [1.165, 1.54) is 0 Å². The summed E-state index contributed by atoms with van der Waals surface area (Å²) in [6.45, 7) is 6.47. The second kappa shape index (κ2) is 6.11. The summed E-state index contributed by atoms with van der Waals surface area (Å²) in [4.78, 5) is 0. The number of nitrogens with zero attached hydrogens (tertiary/aromatic N) is 2. The molecule has 5 nitrogen and oxygen atoms in total. The van der Waals surface area contributed by atoms with Crippen molar-refractivity contribution >= 4 is 0 Å². The van der Waals surface area contributed by atoms with Crippen molar-refractivity contribution in [2.45, 2.75) is 27.4 Å². The van der Waals surface area contributed by atoms with Crippen LogP contribution >= 0.6 is 0 Å². The molecule has 1 aromatic heterocycles. The first-order valence-electron chi connectivity index (χ1n) is 6.37. The van der Waals surface area contributed by atoms with E-state index in [1.807, 2.05) is 20.8 Å². The second-order valence-corrected chi connectivity index (χ2v) is 4.30. The highest BCUT2D eigenvalue weighted by molar-refractivity contribution is 5.46. The summed E-state index contributed by atoms with van der Waals surface area (Å²) < 4.78 is 16.3. The molecule has 2 rings (SSSR count). The van der Waals surface area contributed by atoms with Crippen LogP contribution in [0.1, 0.15) is 29.5 Å². The molecule has 0 fully saturated rings. The van der Waals surface area contributed by atoms with Gasteiger partial charge in [0.1, 0.15) is 12.4 Å². The predicted octanol–water partition coefficient (Wildman–Crippen LogP) is 3.14. The molecule has 0 unspecified atom stereocenters. The monoisotopic (exact) mass is 272 g/mol. The minimum absolute atomic E-state index is 0.354. The van der Waals surface area contributed by atoms with Crippen LogP contribution in [0.5, 0.6) is 11.5 Å². The predicted molar refractivity (Wildman–Crippen MR) is 72.6 cm³/mol. The maximum Gasteiger partial charge on any atom is 0.162 e. The van der Waals surface area contributed by atoms with E-state index in [0.29, 0.717) is 30.3 Å². The Morgan fingerprint density at radius 1 is 1.25 bits per heavy atom. The zero-order valence-electron chi connectivity index (χ0n) is 11.8. The lowest BCUT2D eigenvalue weighted by atomic mass is 10.2. The molecule has 0 atom stereocenters. The fourth-order valence-corrected chi connectivity index (χ4v) is 1.82. The van der Waals surface area contributed by atoms with Crippen LogP contribution in [0.15, 0.2) is 22.7 Å². The van der Waals surface area contributed by atoms with Crippen LogP contribution in [-0.2, 0) is 6.61 Å². The SMILES string of the molecule is CCOc1cc(C#N)ccc1OCc1c(C)noc1C. The van der Waals surface area contributed by atoms with E-state index in [2.05, 4.69) is 11.2 Å². The van der Waals surface area contributed by atoms with Gasteiger partial charge in [-0.25, -0.2) is 0 Å². The number of hydrogen-bond donors (Lipinski definition) is 0. The number of aryl methyl sites for hydroxylation is 2. The molecule has 0 amide bonds. The van der Waals surface area contributed by atoms with Gasteiger partial charge in [0, 0.05) is 6.07 Å². The van der Waals surface area contributed by atoms with Gasteiger partial charge in [-0.15, -0.1) is 0 Å². The van der Waals surface area contributed by atoms with Gasteiger partial charge in [0.2, 0.25) is 0 Å². The second-order valence-electron chi connectivity index (χ2n) is 4.30. The molecular weight excluding hydrogens is 256 g/mol. The van der Waals surface area contributed by atoms with Crippen molar-refractivity contribution < 1.29 is 14.0 Å². The molecule has 1 heterocycles. The maximum absolute atomic E-state index is 8.91. The third-order valence-corrected chi connectivity index (χ3v) is 2.93. The molecule has 104 valence electrons. The lowest BCUT2D eigenvalue weighted by molar-refractivity contribution is 0.267. The Hall–Kier alpha value is -2.48. The molecular formula is C15H16N2O3. The molecule has 1 aromatic carbocycles. The van der Waals surface area contributed by atoms with Crippen LogP contribution in [0.2, 0.25) is 0 Å². The Labute approximate surface area is 117 Å². The van der Waals surface area contributed by atoms with E-state index >= 15 is 0 Å². The highest BCUT2D eigenvalue weighted by atomic mass is 16.5. The van der Waals surface area contributed by atoms with Gasteiger partial charge < -0.3 is 14.0 Å². The van der Waals surface area contributed by atoms with E-state index < -0.39 is 0 Å². The quantitative estimate of drug-likeness (QED) is 0.836. The number of hydrogen-bond acceptors (Lipinski definition) is 5. The van der Waals surface area contributed by atoms with Crippen molar-refractivity contribution in [1.82, 2.24) is 5.16 Å². The minimum atomic E-state index is 0.354. The molecule has 0 radical (unpaired) electrons. The van der Waals surface area contributed by atoms with Crippen LogP contribution in [0.25, 0.3) is 0 Å². The molecule has 20 heavy (non-hydrogen) atoms.